The zero-order chi connectivity index (χ0) is 52.7. The first-order chi connectivity index (χ1) is 36.1. The van der Waals surface area contributed by atoms with Crippen LogP contribution in [0, 0.1) is 12.3 Å². The van der Waals surface area contributed by atoms with Crippen molar-refractivity contribution in [1.29, 1.82) is 0 Å². The van der Waals surface area contributed by atoms with E-state index in [0.29, 0.717) is 68.2 Å². The van der Waals surface area contributed by atoms with Crippen LogP contribution in [0.3, 0.4) is 0 Å². The number of pyridine rings is 2. The molecular weight excluding hydrogens is 959 g/mol. The normalized spacial score (nSPS) is 15.6. The molecule has 1 unspecified atom stereocenters. The Kier molecular flexibility index (Phi) is 16.2. The molecule has 15 nitrogen and oxygen atoms in total. The number of benzene rings is 3. The molecule has 1 aliphatic carbocycles. The maximum atomic E-state index is 14.1. The van der Waals surface area contributed by atoms with Crippen molar-refractivity contribution in [3.63, 3.8) is 0 Å². The third kappa shape index (κ3) is 12.3. The number of carbonyl (C=O) groups excluding carboxylic acids is 4. The molecule has 3 aromatic carbocycles. The number of rotatable bonds is 20. The van der Waals surface area contributed by atoms with Crippen LogP contribution in [0.1, 0.15) is 114 Å². The zero-order valence-electron chi connectivity index (χ0n) is 43.5. The number of hydrogen-bond acceptors (Lipinski definition) is 11. The highest BCUT2D eigenvalue weighted by atomic mass is 32.1. The van der Waals surface area contributed by atoms with E-state index in [1.54, 1.807) is 22.4 Å². The second kappa shape index (κ2) is 23.1. The predicted octanol–water partition coefficient (Wildman–Crippen LogP) is 9.34. The van der Waals surface area contributed by atoms with Crippen molar-refractivity contribution in [3.05, 3.63) is 131 Å². The molecule has 7 N–H and O–H groups in total. The molecule has 7 aromatic rings. The molecule has 390 valence electrons. The molecule has 1 saturated heterocycles. The third-order valence-corrected chi connectivity index (χ3v) is 15.7. The topological polar surface area (TPSA) is 216 Å². The quantitative estimate of drug-likeness (QED) is 0.0456. The summed E-state index contributed by atoms with van der Waals surface area (Å²) in [4.78, 5) is 75.4. The lowest BCUT2D eigenvalue weighted by Gasteiger charge is -2.38. The Labute approximate surface area is 443 Å². The summed E-state index contributed by atoms with van der Waals surface area (Å²) in [7, 11) is 0. The molecule has 0 spiro atoms. The van der Waals surface area contributed by atoms with Gasteiger partial charge in [-0.05, 0) is 128 Å². The van der Waals surface area contributed by atoms with Crippen molar-refractivity contribution in [1.82, 2.24) is 45.4 Å². The lowest BCUT2D eigenvalue weighted by Crippen LogP contribution is -2.57. The number of likely N-dealkylation sites (tertiary alicyclic amines) is 1. The van der Waals surface area contributed by atoms with E-state index in [1.165, 1.54) is 0 Å². The van der Waals surface area contributed by atoms with E-state index in [4.69, 9.17) is 21.4 Å². The van der Waals surface area contributed by atoms with Gasteiger partial charge in [-0.3, -0.25) is 23.7 Å². The van der Waals surface area contributed by atoms with Crippen LogP contribution in [0.25, 0.3) is 49.9 Å². The van der Waals surface area contributed by atoms with E-state index in [1.807, 2.05) is 105 Å². The molecule has 2 aliphatic rings. The van der Waals surface area contributed by atoms with Crippen molar-refractivity contribution in [3.8, 4) is 38.8 Å². The maximum absolute atomic E-state index is 14.1. The van der Waals surface area contributed by atoms with Gasteiger partial charge in [0.15, 0.2) is 11.5 Å². The third-order valence-electron chi connectivity index (χ3n) is 14.7. The summed E-state index contributed by atoms with van der Waals surface area (Å²) in [5, 5.41) is 9.13. The fourth-order valence-corrected chi connectivity index (χ4v) is 11.0. The highest BCUT2D eigenvalue weighted by Gasteiger charge is 2.42. The largest absolute Gasteiger partial charge is 0.383 e. The van der Waals surface area contributed by atoms with E-state index < -0.39 is 17.5 Å². The molecule has 4 amide bonds. The van der Waals surface area contributed by atoms with Crippen LogP contribution in [0.4, 0.5) is 5.82 Å². The average molecular weight is 1030 g/mol. The van der Waals surface area contributed by atoms with Gasteiger partial charge in [-0.1, -0.05) is 88.2 Å². The van der Waals surface area contributed by atoms with E-state index in [0.717, 1.165) is 100 Å². The van der Waals surface area contributed by atoms with Gasteiger partial charge in [0.1, 0.15) is 23.4 Å². The number of nitrogens with one attached hydrogen (secondary N) is 3. The summed E-state index contributed by atoms with van der Waals surface area (Å²) in [6, 6.07) is 30.9. The number of anilines is 1. The van der Waals surface area contributed by atoms with Gasteiger partial charge in [0.05, 0.1) is 27.3 Å². The van der Waals surface area contributed by atoms with Crippen LogP contribution in [-0.4, -0.2) is 78.2 Å². The molecule has 4 aromatic heterocycles. The minimum atomic E-state index is -0.770. The van der Waals surface area contributed by atoms with Gasteiger partial charge in [-0.2, -0.15) is 0 Å². The van der Waals surface area contributed by atoms with Gasteiger partial charge in [0.2, 0.25) is 23.6 Å². The summed E-state index contributed by atoms with van der Waals surface area (Å²) in [6.07, 6.45) is 10.4. The summed E-state index contributed by atoms with van der Waals surface area (Å²) in [6.45, 7) is 9.17. The van der Waals surface area contributed by atoms with E-state index in [2.05, 4.69) is 56.3 Å². The van der Waals surface area contributed by atoms with Crippen molar-refractivity contribution in [2.75, 3.05) is 18.8 Å². The number of nitrogen functional groups attached to an aromatic ring is 1. The molecule has 5 heterocycles. The molecule has 0 radical (unpaired) electrons. The van der Waals surface area contributed by atoms with Crippen LogP contribution >= 0.6 is 11.3 Å². The smallest absolute Gasteiger partial charge is 0.246 e. The van der Waals surface area contributed by atoms with Crippen molar-refractivity contribution >= 4 is 51.9 Å². The second-order valence-corrected chi connectivity index (χ2v) is 22.1. The standard InChI is InChI=1S/C59H69N11O4S/c1-38-51(75-37-65-38)41-21-18-40(19-22-41)36-64-56(73)48-16-11-34-69(48)57(74)52(58(2,3)4)68-50(72)17-7-5-6-8-32-62-49(71)29-20-39-13-9-14-42(35-39)46-27-28-47-55(66-46)70(54(67-47)45-15-10-33-63-53(45)60)44-25-23-43(24-26-44)59(61)30-12-31-59/h9-10,13-15,18-19,21-28,33,35,37,48,52H,5-8,11-12,16-17,20,29-32,34,36,61H2,1-4H3,(H2,60,63)(H,62,71)(H,64,73)(H,68,72)/t48-,52?/m0/s1. The van der Waals surface area contributed by atoms with Gasteiger partial charge < -0.3 is 32.3 Å². The number of thiazole rings is 1. The van der Waals surface area contributed by atoms with Crippen LogP contribution in [0.5, 0.6) is 0 Å². The summed E-state index contributed by atoms with van der Waals surface area (Å²) < 4.78 is 2.03. The van der Waals surface area contributed by atoms with E-state index in [9.17, 15) is 19.2 Å². The first-order valence-corrected chi connectivity index (χ1v) is 27.3. The van der Waals surface area contributed by atoms with Crippen molar-refractivity contribution in [2.24, 2.45) is 11.1 Å². The van der Waals surface area contributed by atoms with E-state index in [-0.39, 0.29) is 35.6 Å². The molecular formula is C59H69N11O4S. The Balaban J connectivity index is 0.717. The average Bonchev–Trinajstić information content (AvgIpc) is 4.17. The number of imidazole rings is 1. The predicted molar refractivity (Wildman–Crippen MR) is 296 cm³/mol. The number of fused-ring (bicyclic) bond motifs is 1. The van der Waals surface area contributed by atoms with Crippen LogP contribution in [-0.2, 0) is 37.7 Å². The molecule has 9 rings (SSSR count). The van der Waals surface area contributed by atoms with Crippen LogP contribution in [0.15, 0.2) is 109 Å². The van der Waals surface area contributed by atoms with Crippen molar-refractivity contribution in [2.45, 2.75) is 129 Å². The van der Waals surface area contributed by atoms with Gasteiger partial charge in [-0.25, -0.2) is 19.9 Å². The minimum Gasteiger partial charge on any atom is -0.383 e. The number of aromatic nitrogens is 5. The Hall–Kier alpha value is -7.30. The Morgan fingerprint density at radius 3 is 2.32 bits per heavy atom. The number of carbonyl (C=O) groups is 4. The Morgan fingerprint density at radius 2 is 1.60 bits per heavy atom. The van der Waals surface area contributed by atoms with Gasteiger partial charge >= 0.3 is 0 Å². The number of hydrogen-bond donors (Lipinski definition) is 5. The Morgan fingerprint density at radius 1 is 0.813 bits per heavy atom. The second-order valence-electron chi connectivity index (χ2n) is 21.3. The number of unbranched alkanes of at least 4 members (excludes halogenated alkanes) is 3. The number of nitrogens with two attached hydrogens (primary N) is 2. The summed E-state index contributed by atoms with van der Waals surface area (Å²) in [5.74, 6) is 0.415. The highest BCUT2D eigenvalue weighted by Crippen LogP contribution is 2.40. The maximum Gasteiger partial charge on any atom is 0.246 e. The fourth-order valence-electron chi connectivity index (χ4n) is 10.2. The number of nitrogens with zero attached hydrogens (tertiary/aromatic N) is 6. The SMILES string of the molecule is Cc1ncsc1-c1ccc(CNC(=O)[C@@H]2CCCN2C(=O)C(NC(=O)CCCCCCNC(=O)CCc2cccc(-c3ccc4nc(-c5cccnc5N)n(-c5ccc(C6(N)CCC6)cc5)c4n3)c2)C(C)(C)C)cc1. The zero-order valence-corrected chi connectivity index (χ0v) is 44.3. The minimum absolute atomic E-state index is 0.0159. The Bertz CT molecular complexity index is 3160. The van der Waals surface area contributed by atoms with Crippen LogP contribution in [0.2, 0.25) is 0 Å². The molecule has 0 bridgehead atoms. The van der Waals surface area contributed by atoms with Crippen LogP contribution < -0.4 is 27.4 Å². The molecule has 2 fully saturated rings. The highest BCUT2D eigenvalue weighted by molar-refractivity contribution is 7.13. The van der Waals surface area contributed by atoms with Gasteiger partial charge in [0, 0.05) is 55.5 Å². The monoisotopic (exact) mass is 1030 g/mol. The molecule has 16 heteroatoms. The van der Waals surface area contributed by atoms with Crippen molar-refractivity contribution < 1.29 is 19.2 Å². The number of aryl methyl sites for hydroxylation is 2. The van der Waals surface area contributed by atoms with E-state index >= 15 is 0 Å². The lowest BCUT2D eigenvalue weighted by molar-refractivity contribution is -0.143. The molecule has 1 saturated carbocycles. The molecule has 1 aliphatic heterocycles. The summed E-state index contributed by atoms with van der Waals surface area (Å²) in [5.41, 5.74) is 24.0. The molecule has 2 atom stereocenters. The first kappa shape index (κ1) is 52.6. The first-order valence-electron chi connectivity index (χ1n) is 26.4. The number of amides is 4. The summed E-state index contributed by atoms with van der Waals surface area (Å²) >= 11 is 1.60. The fraction of sp³-hybridized carbons (Fsp3) is 0.390. The molecule has 75 heavy (non-hydrogen) atoms. The van der Waals surface area contributed by atoms with Gasteiger partial charge in [0.25, 0.3) is 0 Å². The van der Waals surface area contributed by atoms with Gasteiger partial charge in [-0.15, -0.1) is 11.3 Å². The lowest BCUT2D eigenvalue weighted by atomic mass is 9.73.